The number of para-hydroxylation sites is 1. The molecule has 0 spiro atoms. The van der Waals surface area contributed by atoms with E-state index in [2.05, 4.69) is 36.0 Å². The third-order valence-corrected chi connectivity index (χ3v) is 5.29. The molecule has 0 aromatic heterocycles. The summed E-state index contributed by atoms with van der Waals surface area (Å²) in [5.74, 6) is -3.86. The van der Waals surface area contributed by atoms with Crippen LogP contribution < -0.4 is 4.74 Å². The number of carboxylic acids is 2. The van der Waals surface area contributed by atoms with Crippen molar-refractivity contribution in [2.24, 2.45) is 11.3 Å². The van der Waals surface area contributed by atoms with E-state index in [9.17, 15) is 26.3 Å². The van der Waals surface area contributed by atoms with Crippen molar-refractivity contribution in [2.45, 2.75) is 18.9 Å². The molecule has 0 radical (unpaired) electrons. The lowest BCUT2D eigenvalue weighted by atomic mass is 9.81. The molecule has 2 aliphatic heterocycles. The van der Waals surface area contributed by atoms with Crippen molar-refractivity contribution in [2.75, 3.05) is 54.1 Å². The summed E-state index contributed by atoms with van der Waals surface area (Å²) in [5, 5.41) is 14.2. The predicted molar refractivity (Wildman–Crippen MR) is 111 cm³/mol. The summed E-state index contributed by atoms with van der Waals surface area (Å²) in [7, 11) is 6.07. The fourth-order valence-corrected chi connectivity index (χ4v) is 3.99. The van der Waals surface area contributed by atoms with Crippen molar-refractivity contribution in [3.63, 3.8) is 0 Å². The van der Waals surface area contributed by atoms with Gasteiger partial charge in [-0.05, 0) is 20.2 Å². The molecule has 200 valence electrons. The molecule has 2 aliphatic rings. The van der Waals surface area contributed by atoms with Crippen LogP contribution in [-0.4, -0.2) is 98.4 Å². The second-order valence-corrected chi connectivity index (χ2v) is 8.40. The Hall–Kier alpha value is -2.58. The van der Waals surface area contributed by atoms with Crippen LogP contribution in [-0.2, 0) is 20.9 Å². The van der Waals surface area contributed by atoms with Crippen LogP contribution in [0.5, 0.6) is 5.75 Å². The lowest BCUT2D eigenvalue weighted by Gasteiger charge is -2.30. The number of aliphatic carboxylic acids is 2. The van der Waals surface area contributed by atoms with Crippen molar-refractivity contribution >= 4 is 11.9 Å². The lowest BCUT2D eigenvalue weighted by Crippen LogP contribution is -2.40. The van der Waals surface area contributed by atoms with Gasteiger partial charge in [0.25, 0.3) is 0 Å². The number of rotatable bonds is 5. The summed E-state index contributed by atoms with van der Waals surface area (Å²) in [6.07, 6.45) is -10.2. The molecule has 2 saturated heterocycles. The number of carbonyl (C=O) groups is 2. The van der Waals surface area contributed by atoms with Crippen molar-refractivity contribution < 1.29 is 55.6 Å². The molecular weight excluding hydrogens is 490 g/mol. The number of hydrogen-bond donors (Lipinski definition) is 2. The minimum atomic E-state index is -5.08. The molecule has 2 N–H and O–H groups in total. The van der Waals surface area contributed by atoms with Crippen LogP contribution in [0.25, 0.3) is 0 Å². The fraction of sp³-hybridized carbons (Fsp3) is 0.619. The van der Waals surface area contributed by atoms with E-state index in [-0.39, 0.29) is 0 Å². The zero-order valence-corrected chi connectivity index (χ0v) is 19.3. The van der Waals surface area contributed by atoms with Gasteiger partial charge < -0.3 is 24.6 Å². The summed E-state index contributed by atoms with van der Waals surface area (Å²) in [6.45, 7) is 6.14. The van der Waals surface area contributed by atoms with Crippen LogP contribution >= 0.6 is 0 Å². The van der Waals surface area contributed by atoms with Gasteiger partial charge in [0.1, 0.15) is 5.75 Å². The Morgan fingerprint density at radius 3 is 2.09 bits per heavy atom. The maximum Gasteiger partial charge on any atom is 0.490 e. The van der Waals surface area contributed by atoms with Crippen LogP contribution in [0.2, 0.25) is 0 Å². The minimum Gasteiger partial charge on any atom is -0.496 e. The second-order valence-electron chi connectivity index (χ2n) is 8.40. The number of alkyl halides is 6. The summed E-state index contributed by atoms with van der Waals surface area (Å²) in [5.41, 5.74) is 1.59. The number of ether oxygens (including phenoxy) is 2. The molecule has 0 unspecified atom stereocenters. The SMILES string of the molecule is COc1ccccc1CN1C[C@@H]2COC[C@]2(CN(C)C)C1.O=C(O)C(F)(F)F.O=C(O)C(F)(F)F. The van der Waals surface area contributed by atoms with Crippen molar-refractivity contribution in [1.29, 1.82) is 0 Å². The van der Waals surface area contributed by atoms with E-state index in [1.807, 2.05) is 12.1 Å². The quantitative estimate of drug-likeness (QED) is 0.575. The fourth-order valence-electron chi connectivity index (χ4n) is 3.99. The molecule has 3 rings (SSSR count). The molecular formula is C21H28F6N2O6. The van der Waals surface area contributed by atoms with Gasteiger partial charge in [0, 0.05) is 43.1 Å². The number of benzene rings is 1. The van der Waals surface area contributed by atoms with Gasteiger partial charge in [-0.15, -0.1) is 0 Å². The molecule has 8 nitrogen and oxygen atoms in total. The van der Waals surface area contributed by atoms with Crippen molar-refractivity contribution in [3.05, 3.63) is 29.8 Å². The van der Waals surface area contributed by atoms with Gasteiger partial charge in [-0.1, -0.05) is 18.2 Å². The number of nitrogens with zero attached hydrogens (tertiary/aromatic N) is 2. The van der Waals surface area contributed by atoms with E-state index >= 15 is 0 Å². The Morgan fingerprint density at radius 2 is 1.63 bits per heavy atom. The van der Waals surface area contributed by atoms with Crippen LogP contribution in [0.15, 0.2) is 24.3 Å². The predicted octanol–water partition coefficient (Wildman–Crippen LogP) is 2.97. The van der Waals surface area contributed by atoms with Crippen LogP contribution in [0.1, 0.15) is 5.56 Å². The first-order chi connectivity index (χ1) is 16.0. The first-order valence-corrected chi connectivity index (χ1v) is 10.2. The average molecular weight is 518 g/mol. The molecule has 0 aliphatic carbocycles. The van der Waals surface area contributed by atoms with Gasteiger partial charge in [0.05, 0.1) is 20.3 Å². The summed E-state index contributed by atoms with van der Waals surface area (Å²) in [6, 6.07) is 8.34. The van der Waals surface area contributed by atoms with Gasteiger partial charge in [-0.3, -0.25) is 4.90 Å². The zero-order chi connectivity index (χ0) is 27.0. The van der Waals surface area contributed by atoms with E-state index < -0.39 is 24.3 Å². The van der Waals surface area contributed by atoms with E-state index in [1.165, 1.54) is 5.56 Å². The Morgan fingerprint density at radius 1 is 1.11 bits per heavy atom. The molecule has 2 heterocycles. The van der Waals surface area contributed by atoms with Crippen LogP contribution in [0.4, 0.5) is 26.3 Å². The van der Waals surface area contributed by atoms with Crippen LogP contribution in [0, 0.1) is 11.3 Å². The summed E-state index contributed by atoms with van der Waals surface area (Å²) >= 11 is 0. The molecule has 0 amide bonds. The van der Waals surface area contributed by atoms with Crippen molar-refractivity contribution in [3.8, 4) is 5.75 Å². The normalized spacial score (nSPS) is 21.9. The van der Waals surface area contributed by atoms with Crippen molar-refractivity contribution in [1.82, 2.24) is 9.80 Å². The molecule has 0 saturated carbocycles. The Labute approximate surface area is 198 Å². The number of carboxylic acid groups (broad SMARTS) is 2. The third kappa shape index (κ3) is 9.53. The average Bonchev–Trinajstić information content (AvgIpc) is 3.23. The topological polar surface area (TPSA) is 99.5 Å². The van der Waals surface area contributed by atoms with Gasteiger partial charge in [-0.25, -0.2) is 9.59 Å². The summed E-state index contributed by atoms with van der Waals surface area (Å²) in [4.78, 5) is 22.7. The zero-order valence-electron chi connectivity index (χ0n) is 19.3. The largest absolute Gasteiger partial charge is 0.496 e. The van der Waals surface area contributed by atoms with Gasteiger partial charge in [0.2, 0.25) is 0 Å². The van der Waals surface area contributed by atoms with E-state index in [1.54, 1.807) is 7.11 Å². The monoisotopic (exact) mass is 518 g/mol. The summed E-state index contributed by atoms with van der Waals surface area (Å²) < 4.78 is 74.7. The van der Waals surface area contributed by atoms with E-state index in [0.29, 0.717) is 11.3 Å². The van der Waals surface area contributed by atoms with Crippen LogP contribution in [0.3, 0.4) is 0 Å². The smallest absolute Gasteiger partial charge is 0.490 e. The molecule has 0 bridgehead atoms. The molecule has 35 heavy (non-hydrogen) atoms. The van der Waals surface area contributed by atoms with E-state index in [4.69, 9.17) is 29.3 Å². The number of fused-ring (bicyclic) bond motifs is 1. The Bertz CT molecular complexity index is 824. The first-order valence-electron chi connectivity index (χ1n) is 10.2. The highest BCUT2D eigenvalue weighted by atomic mass is 19.4. The third-order valence-electron chi connectivity index (χ3n) is 5.29. The number of hydrogen-bond acceptors (Lipinski definition) is 6. The number of likely N-dealkylation sites (tertiary alicyclic amines) is 1. The molecule has 1 aromatic rings. The molecule has 2 fully saturated rings. The highest BCUT2D eigenvalue weighted by Crippen LogP contribution is 2.42. The second kappa shape index (κ2) is 12.4. The number of methoxy groups -OCH3 is 1. The minimum absolute atomic E-state index is 0.311. The Kier molecular flexibility index (Phi) is 10.8. The highest BCUT2D eigenvalue weighted by molar-refractivity contribution is 5.73. The first kappa shape index (κ1) is 30.5. The maximum absolute atomic E-state index is 10.6. The van der Waals surface area contributed by atoms with Gasteiger partial charge in [0.15, 0.2) is 0 Å². The molecule has 1 aromatic carbocycles. The molecule has 14 heteroatoms. The standard InChI is InChI=1S/C17H26N2O2.2C2HF3O2/c1-18(2)11-17-12-19(9-15(17)10-21-13-17)8-14-6-4-5-7-16(14)20-3;2*3-2(4,5)1(6)7/h4-7,15H,8-13H2,1-3H3;2*(H,6,7)/t15-,17+;;/m1../s1. The van der Waals surface area contributed by atoms with Gasteiger partial charge in [-0.2, -0.15) is 26.3 Å². The van der Waals surface area contributed by atoms with Gasteiger partial charge >= 0.3 is 24.3 Å². The lowest BCUT2D eigenvalue weighted by molar-refractivity contribution is -0.193. The maximum atomic E-state index is 10.6. The number of halogens is 6. The molecule has 2 atom stereocenters. The Balaban J connectivity index is 0.000000362. The highest BCUT2D eigenvalue weighted by Gasteiger charge is 2.50. The van der Waals surface area contributed by atoms with E-state index in [0.717, 1.165) is 45.1 Å².